The number of hydrogen-bond acceptors (Lipinski definition) is 3. The lowest BCUT2D eigenvalue weighted by atomic mass is 10.1. The van der Waals surface area contributed by atoms with Crippen LogP contribution in [0.3, 0.4) is 0 Å². The number of hydrogen-bond donors (Lipinski definition) is 1. The van der Waals surface area contributed by atoms with Gasteiger partial charge in [-0.15, -0.1) is 11.3 Å². The SMILES string of the molecule is COC(CC(F)(F)F)(NC(C)=O)c1cccs1. The van der Waals surface area contributed by atoms with Gasteiger partial charge in [-0.3, -0.25) is 4.79 Å². The molecule has 3 nitrogen and oxygen atoms in total. The Hall–Kier alpha value is -1.08. The van der Waals surface area contributed by atoms with Crippen LogP contribution in [0.25, 0.3) is 0 Å². The molecule has 1 amide bonds. The largest absolute Gasteiger partial charge is 0.394 e. The van der Waals surface area contributed by atoms with Crippen LogP contribution in [0.15, 0.2) is 17.5 Å². The summed E-state index contributed by atoms with van der Waals surface area (Å²) < 4.78 is 42.6. The molecule has 17 heavy (non-hydrogen) atoms. The molecule has 1 atom stereocenters. The quantitative estimate of drug-likeness (QED) is 0.852. The number of halogens is 3. The summed E-state index contributed by atoms with van der Waals surface area (Å²) in [6.45, 7) is 1.15. The Morgan fingerprint density at radius 2 is 2.18 bits per heavy atom. The average Bonchev–Trinajstić information content (AvgIpc) is 2.66. The number of amides is 1. The number of methoxy groups -OCH3 is 1. The van der Waals surface area contributed by atoms with Gasteiger partial charge in [-0.25, -0.2) is 0 Å². The molecular weight excluding hydrogens is 255 g/mol. The zero-order valence-corrected chi connectivity index (χ0v) is 10.1. The van der Waals surface area contributed by atoms with Crippen molar-refractivity contribution in [3.63, 3.8) is 0 Å². The van der Waals surface area contributed by atoms with Crippen LogP contribution < -0.4 is 5.32 Å². The van der Waals surface area contributed by atoms with Crippen molar-refractivity contribution in [2.75, 3.05) is 7.11 Å². The molecule has 1 aromatic rings. The van der Waals surface area contributed by atoms with E-state index in [1.54, 1.807) is 11.4 Å². The van der Waals surface area contributed by atoms with Crippen LogP contribution in [0.4, 0.5) is 13.2 Å². The van der Waals surface area contributed by atoms with Crippen molar-refractivity contribution in [2.24, 2.45) is 0 Å². The minimum atomic E-state index is -4.44. The summed E-state index contributed by atoms with van der Waals surface area (Å²) in [6.07, 6.45) is -5.71. The van der Waals surface area contributed by atoms with Crippen molar-refractivity contribution in [3.05, 3.63) is 22.4 Å². The van der Waals surface area contributed by atoms with Crippen LogP contribution in [0.2, 0.25) is 0 Å². The fraction of sp³-hybridized carbons (Fsp3) is 0.500. The van der Waals surface area contributed by atoms with Gasteiger partial charge in [0.1, 0.15) is 0 Å². The van der Waals surface area contributed by atoms with Crippen LogP contribution in [-0.2, 0) is 15.3 Å². The van der Waals surface area contributed by atoms with E-state index in [9.17, 15) is 18.0 Å². The summed E-state index contributed by atoms with van der Waals surface area (Å²) in [4.78, 5) is 11.4. The molecule has 1 heterocycles. The molecule has 0 aromatic carbocycles. The Kier molecular flexibility index (Phi) is 4.16. The molecule has 0 aliphatic rings. The van der Waals surface area contributed by atoms with E-state index in [0.29, 0.717) is 4.88 Å². The maximum Gasteiger partial charge on any atom is 0.394 e. The lowest BCUT2D eigenvalue weighted by Gasteiger charge is -2.32. The van der Waals surface area contributed by atoms with Gasteiger partial charge in [0, 0.05) is 14.0 Å². The summed E-state index contributed by atoms with van der Waals surface area (Å²) in [5, 5.41) is 3.86. The summed E-state index contributed by atoms with van der Waals surface area (Å²) in [7, 11) is 1.14. The second-order valence-corrected chi connectivity index (χ2v) is 4.43. The monoisotopic (exact) mass is 267 g/mol. The predicted octanol–water partition coefficient (Wildman–Crippen LogP) is 2.64. The van der Waals surface area contributed by atoms with Gasteiger partial charge in [0.15, 0.2) is 5.72 Å². The summed E-state index contributed by atoms with van der Waals surface area (Å²) in [6, 6.07) is 3.10. The number of alkyl halides is 3. The van der Waals surface area contributed by atoms with E-state index >= 15 is 0 Å². The van der Waals surface area contributed by atoms with Crippen molar-refractivity contribution in [2.45, 2.75) is 25.2 Å². The van der Waals surface area contributed by atoms with Crippen molar-refractivity contribution in [1.29, 1.82) is 0 Å². The Bertz CT molecular complexity index is 377. The highest BCUT2D eigenvalue weighted by atomic mass is 32.1. The lowest BCUT2D eigenvalue weighted by Crippen LogP contribution is -2.48. The van der Waals surface area contributed by atoms with Gasteiger partial charge in [-0.2, -0.15) is 13.2 Å². The highest BCUT2D eigenvalue weighted by Gasteiger charge is 2.45. The zero-order valence-electron chi connectivity index (χ0n) is 9.30. The number of thiophene rings is 1. The molecule has 0 bridgehead atoms. The number of rotatable bonds is 4. The van der Waals surface area contributed by atoms with Gasteiger partial charge in [0.25, 0.3) is 0 Å². The summed E-state index contributed by atoms with van der Waals surface area (Å²) in [5.74, 6) is -0.579. The van der Waals surface area contributed by atoms with E-state index in [1.165, 1.54) is 6.07 Å². The molecule has 0 fully saturated rings. The van der Waals surface area contributed by atoms with Gasteiger partial charge < -0.3 is 10.1 Å². The third-order valence-electron chi connectivity index (χ3n) is 2.10. The second-order valence-electron chi connectivity index (χ2n) is 3.48. The van der Waals surface area contributed by atoms with E-state index in [1.807, 2.05) is 0 Å². The molecule has 1 unspecified atom stereocenters. The molecule has 0 radical (unpaired) electrons. The summed E-state index contributed by atoms with van der Waals surface area (Å²) >= 11 is 1.10. The van der Waals surface area contributed by atoms with Gasteiger partial charge in [0.05, 0.1) is 11.3 Å². The average molecular weight is 267 g/mol. The van der Waals surface area contributed by atoms with Crippen LogP contribution in [-0.4, -0.2) is 19.2 Å². The maximum atomic E-state index is 12.6. The first-order chi connectivity index (χ1) is 7.79. The minimum absolute atomic E-state index is 0.313. The first-order valence-corrected chi connectivity index (χ1v) is 5.62. The molecule has 0 aliphatic heterocycles. The smallest absolute Gasteiger partial charge is 0.353 e. The molecule has 0 aliphatic carbocycles. The molecular formula is C10H12F3NO2S. The fourth-order valence-corrected chi connectivity index (χ4v) is 2.35. The Morgan fingerprint density at radius 3 is 2.53 bits per heavy atom. The van der Waals surface area contributed by atoms with E-state index in [-0.39, 0.29) is 0 Å². The highest BCUT2D eigenvalue weighted by Crippen LogP contribution is 2.37. The number of nitrogens with one attached hydrogen (secondary N) is 1. The Balaban J connectivity index is 3.10. The minimum Gasteiger partial charge on any atom is -0.353 e. The number of ether oxygens (including phenoxy) is 1. The van der Waals surface area contributed by atoms with Crippen LogP contribution in [0, 0.1) is 0 Å². The molecule has 96 valence electrons. The number of carbonyl (C=O) groups is 1. The van der Waals surface area contributed by atoms with Gasteiger partial charge in [-0.05, 0) is 11.4 Å². The summed E-state index contributed by atoms with van der Waals surface area (Å²) in [5.41, 5.74) is -1.84. The molecule has 1 N–H and O–H groups in total. The first-order valence-electron chi connectivity index (χ1n) is 4.74. The van der Waals surface area contributed by atoms with Crippen LogP contribution in [0.5, 0.6) is 0 Å². The molecule has 0 saturated heterocycles. The Labute approximate surface area is 101 Å². The van der Waals surface area contributed by atoms with E-state index in [2.05, 4.69) is 5.32 Å². The molecule has 7 heteroatoms. The number of carbonyl (C=O) groups excluding carboxylic acids is 1. The topological polar surface area (TPSA) is 38.3 Å². The normalized spacial score (nSPS) is 15.4. The van der Waals surface area contributed by atoms with E-state index in [4.69, 9.17) is 4.74 Å². The predicted molar refractivity (Wildman–Crippen MR) is 57.5 cm³/mol. The van der Waals surface area contributed by atoms with Crippen LogP contribution in [0.1, 0.15) is 18.2 Å². The van der Waals surface area contributed by atoms with Crippen molar-refractivity contribution in [1.82, 2.24) is 5.32 Å². The highest BCUT2D eigenvalue weighted by molar-refractivity contribution is 7.10. The second kappa shape index (κ2) is 5.05. The van der Waals surface area contributed by atoms with E-state index < -0.39 is 24.2 Å². The maximum absolute atomic E-state index is 12.6. The van der Waals surface area contributed by atoms with Crippen LogP contribution >= 0.6 is 11.3 Å². The third kappa shape index (κ3) is 3.71. The lowest BCUT2D eigenvalue weighted by molar-refractivity contribution is -0.194. The van der Waals surface area contributed by atoms with Gasteiger partial charge in [0.2, 0.25) is 5.91 Å². The first kappa shape index (κ1) is 14.0. The molecule has 0 saturated carbocycles. The molecule has 1 aromatic heterocycles. The van der Waals surface area contributed by atoms with Crippen molar-refractivity contribution >= 4 is 17.2 Å². The van der Waals surface area contributed by atoms with Crippen molar-refractivity contribution < 1.29 is 22.7 Å². The standard InChI is InChI=1S/C10H12F3NO2S/c1-7(15)14-9(16-2,6-10(11,12)13)8-4-3-5-17-8/h3-5H,6H2,1-2H3,(H,14,15). The van der Waals surface area contributed by atoms with Gasteiger partial charge in [-0.1, -0.05) is 6.07 Å². The zero-order chi connectivity index (χ0) is 13.1. The third-order valence-corrected chi connectivity index (χ3v) is 3.11. The fourth-order valence-electron chi connectivity index (χ4n) is 1.49. The molecule has 0 spiro atoms. The van der Waals surface area contributed by atoms with Gasteiger partial charge >= 0.3 is 6.18 Å². The molecule has 1 rings (SSSR count). The Morgan fingerprint density at radius 1 is 1.53 bits per heavy atom. The van der Waals surface area contributed by atoms with E-state index in [0.717, 1.165) is 25.4 Å². The van der Waals surface area contributed by atoms with Crippen molar-refractivity contribution in [3.8, 4) is 0 Å².